The molecule has 1 aromatic carbocycles. The van der Waals surface area contributed by atoms with Crippen molar-refractivity contribution < 1.29 is 9.53 Å². The molecular weight excluding hydrogens is 332 g/mol. The van der Waals surface area contributed by atoms with Gasteiger partial charge in [-0.2, -0.15) is 0 Å². The van der Waals surface area contributed by atoms with Gasteiger partial charge in [-0.25, -0.2) is 9.48 Å². The first-order chi connectivity index (χ1) is 11.6. The van der Waals surface area contributed by atoms with Gasteiger partial charge in [0.25, 0.3) is 0 Å². The van der Waals surface area contributed by atoms with Crippen LogP contribution in [0, 0.1) is 0 Å². The number of nitrogens with zero attached hydrogens (tertiary/aromatic N) is 4. The highest BCUT2D eigenvalue weighted by Crippen LogP contribution is 2.34. The molecule has 1 amide bonds. The number of hydrogen-bond acceptors (Lipinski definition) is 6. The molecule has 8 nitrogen and oxygen atoms in total. The van der Waals surface area contributed by atoms with Crippen molar-refractivity contribution in [1.29, 1.82) is 0 Å². The first-order valence-corrected chi connectivity index (χ1v) is 8.19. The Kier molecular flexibility index (Phi) is 4.96. The average Bonchev–Trinajstić information content (AvgIpc) is 3.19. The maximum absolute atomic E-state index is 11.8. The molecule has 1 fully saturated rings. The summed E-state index contributed by atoms with van der Waals surface area (Å²) in [6, 6.07) is 6.77. The van der Waals surface area contributed by atoms with Crippen molar-refractivity contribution in [2.24, 2.45) is 5.73 Å². The van der Waals surface area contributed by atoms with Gasteiger partial charge in [0.2, 0.25) is 0 Å². The Morgan fingerprint density at radius 3 is 2.75 bits per heavy atom. The van der Waals surface area contributed by atoms with E-state index in [2.05, 4.69) is 20.8 Å². The molecule has 1 aliphatic carbocycles. The quantitative estimate of drug-likeness (QED) is 0.856. The summed E-state index contributed by atoms with van der Waals surface area (Å²) < 4.78 is 6.77. The van der Waals surface area contributed by atoms with E-state index in [9.17, 15) is 4.79 Å². The van der Waals surface area contributed by atoms with E-state index in [0.717, 1.165) is 25.7 Å². The van der Waals surface area contributed by atoms with E-state index in [1.807, 2.05) is 0 Å². The second-order valence-electron chi connectivity index (χ2n) is 5.86. The summed E-state index contributed by atoms with van der Waals surface area (Å²) in [5.41, 5.74) is 6.51. The van der Waals surface area contributed by atoms with Crippen LogP contribution in [-0.2, 0) is 16.8 Å². The van der Waals surface area contributed by atoms with Gasteiger partial charge in [-0.3, -0.25) is 5.32 Å². The molecule has 0 atom stereocenters. The molecule has 1 saturated carbocycles. The third-order valence-electron chi connectivity index (χ3n) is 4.10. The number of ether oxygens (including phenoxy) is 1. The van der Waals surface area contributed by atoms with Crippen molar-refractivity contribution >= 4 is 23.4 Å². The largest absolute Gasteiger partial charge is 0.447 e. The number of tetrazole rings is 1. The zero-order chi connectivity index (χ0) is 17.0. The summed E-state index contributed by atoms with van der Waals surface area (Å²) in [7, 11) is 0. The summed E-state index contributed by atoms with van der Waals surface area (Å²) in [6.45, 7) is 0.503. The first-order valence-electron chi connectivity index (χ1n) is 7.82. The average molecular weight is 351 g/mol. The normalized spacial score (nSPS) is 16.1. The molecule has 9 heteroatoms. The minimum atomic E-state index is -0.546. The third kappa shape index (κ3) is 3.82. The summed E-state index contributed by atoms with van der Waals surface area (Å²) in [6.07, 6.45) is 3.33. The number of hydrogen-bond donors (Lipinski definition) is 2. The van der Waals surface area contributed by atoms with E-state index < -0.39 is 11.6 Å². The van der Waals surface area contributed by atoms with Gasteiger partial charge in [-0.15, -0.1) is 5.10 Å². The molecule has 0 unspecified atom stereocenters. The summed E-state index contributed by atoms with van der Waals surface area (Å²) in [5, 5.41) is 14.9. The number of halogens is 1. The highest BCUT2D eigenvalue weighted by Gasteiger charge is 2.36. The van der Waals surface area contributed by atoms with E-state index >= 15 is 0 Å². The second kappa shape index (κ2) is 7.14. The maximum atomic E-state index is 11.8. The Bertz CT molecular complexity index is 696. The molecule has 128 valence electrons. The van der Waals surface area contributed by atoms with Gasteiger partial charge < -0.3 is 10.5 Å². The number of anilines is 1. The van der Waals surface area contributed by atoms with E-state index in [0.29, 0.717) is 23.1 Å². The molecule has 3 N–H and O–H groups in total. The minimum absolute atomic E-state index is 0.146. The zero-order valence-corrected chi connectivity index (χ0v) is 13.9. The Labute approximate surface area is 144 Å². The Balaban J connectivity index is 1.51. The number of carbonyl (C=O) groups excluding carboxylic acids is 1. The van der Waals surface area contributed by atoms with Crippen LogP contribution >= 0.6 is 11.6 Å². The predicted molar refractivity (Wildman–Crippen MR) is 88.6 cm³/mol. The number of benzene rings is 1. The fourth-order valence-electron chi connectivity index (χ4n) is 2.85. The molecule has 1 aliphatic rings. The van der Waals surface area contributed by atoms with Crippen molar-refractivity contribution in [2.75, 3.05) is 11.9 Å². The highest BCUT2D eigenvalue weighted by atomic mass is 35.5. The van der Waals surface area contributed by atoms with Crippen LogP contribution in [0.4, 0.5) is 10.5 Å². The monoisotopic (exact) mass is 350 g/mol. The molecular formula is C15H19ClN6O2. The molecule has 1 heterocycles. The smallest absolute Gasteiger partial charge is 0.411 e. The highest BCUT2D eigenvalue weighted by molar-refractivity contribution is 6.30. The number of rotatable bonds is 5. The van der Waals surface area contributed by atoms with Crippen LogP contribution in [0.2, 0.25) is 5.02 Å². The van der Waals surface area contributed by atoms with Crippen LogP contribution in [0.15, 0.2) is 24.3 Å². The molecule has 2 aromatic rings. The Morgan fingerprint density at radius 2 is 2.04 bits per heavy atom. The van der Waals surface area contributed by atoms with Crippen LogP contribution in [0.5, 0.6) is 0 Å². The fourth-order valence-corrected chi connectivity index (χ4v) is 2.98. The van der Waals surface area contributed by atoms with E-state index in [-0.39, 0.29) is 6.61 Å². The molecule has 0 bridgehead atoms. The lowest BCUT2D eigenvalue weighted by molar-refractivity contribution is 0.154. The Hall–Kier alpha value is -2.19. The number of aromatic nitrogens is 4. The van der Waals surface area contributed by atoms with Gasteiger partial charge in [-0.1, -0.05) is 24.4 Å². The summed E-state index contributed by atoms with van der Waals surface area (Å²) >= 11 is 5.79. The molecule has 0 radical (unpaired) electrons. The van der Waals surface area contributed by atoms with E-state index in [4.69, 9.17) is 22.1 Å². The predicted octanol–water partition coefficient (Wildman–Crippen LogP) is 2.30. The van der Waals surface area contributed by atoms with E-state index in [1.165, 1.54) is 0 Å². The minimum Gasteiger partial charge on any atom is -0.447 e. The van der Waals surface area contributed by atoms with Gasteiger partial charge >= 0.3 is 6.09 Å². The van der Waals surface area contributed by atoms with Gasteiger partial charge in [-0.05, 0) is 47.5 Å². The van der Waals surface area contributed by atoms with Crippen molar-refractivity contribution in [3.63, 3.8) is 0 Å². The topological polar surface area (TPSA) is 108 Å². The number of carbonyl (C=O) groups is 1. The van der Waals surface area contributed by atoms with Crippen molar-refractivity contribution in [3.05, 3.63) is 35.1 Å². The van der Waals surface area contributed by atoms with Crippen molar-refractivity contribution in [2.45, 2.75) is 37.8 Å². The third-order valence-corrected chi connectivity index (χ3v) is 4.35. The number of nitrogens with two attached hydrogens (primary N) is 1. The van der Waals surface area contributed by atoms with Gasteiger partial charge in [0.05, 0.1) is 12.1 Å². The molecule has 0 spiro atoms. The van der Waals surface area contributed by atoms with Gasteiger partial charge in [0, 0.05) is 10.7 Å². The molecule has 3 rings (SSSR count). The number of amides is 1. The van der Waals surface area contributed by atoms with E-state index in [1.54, 1.807) is 28.9 Å². The lowest BCUT2D eigenvalue weighted by atomic mass is 9.98. The van der Waals surface area contributed by atoms with Crippen LogP contribution < -0.4 is 11.1 Å². The van der Waals surface area contributed by atoms with Crippen molar-refractivity contribution in [1.82, 2.24) is 20.2 Å². The van der Waals surface area contributed by atoms with Gasteiger partial charge in [0.1, 0.15) is 6.61 Å². The van der Waals surface area contributed by atoms with Crippen LogP contribution in [0.25, 0.3) is 0 Å². The molecule has 24 heavy (non-hydrogen) atoms. The standard InChI is InChI=1S/C15H19ClN6O2/c16-11-3-5-12(6-4-11)18-14(23)24-10-9-22-13(19-20-21-22)15(17)7-1-2-8-15/h3-6H,1-2,7-10,17H2,(H,18,23). The molecule has 0 saturated heterocycles. The van der Waals surface area contributed by atoms with Crippen LogP contribution in [0.3, 0.4) is 0 Å². The van der Waals surface area contributed by atoms with Gasteiger partial charge in [0.15, 0.2) is 5.82 Å². The summed E-state index contributed by atoms with van der Waals surface area (Å²) in [5.74, 6) is 0.654. The molecule has 1 aromatic heterocycles. The van der Waals surface area contributed by atoms with Crippen LogP contribution in [-0.4, -0.2) is 32.9 Å². The van der Waals surface area contributed by atoms with Crippen LogP contribution in [0.1, 0.15) is 31.5 Å². The second-order valence-corrected chi connectivity index (χ2v) is 6.29. The maximum Gasteiger partial charge on any atom is 0.411 e. The SMILES string of the molecule is NC1(c2nnnn2CCOC(=O)Nc2ccc(Cl)cc2)CCCC1. The zero-order valence-electron chi connectivity index (χ0n) is 13.1. The number of nitrogens with one attached hydrogen (secondary N) is 1. The first kappa shape index (κ1) is 16.7. The lowest BCUT2D eigenvalue weighted by Crippen LogP contribution is -2.37. The lowest BCUT2D eigenvalue weighted by Gasteiger charge is -2.21. The summed E-state index contributed by atoms with van der Waals surface area (Å²) in [4.78, 5) is 11.8. The Morgan fingerprint density at radius 1 is 1.33 bits per heavy atom. The van der Waals surface area contributed by atoms with Crippen molar-refractivity contribution in [3.8, 4) is 0 Å². The molecule has 0 aliphatic heterocycles. The fraction of sp³-hybridized carbons (Fsp3) is 0.467.